The SMILES string of the molecule is CS(=O)N(C(=O)NCCC(=O)O)c1nn(CC(F)(F)F)c2c(-c3ccc(CCC(C)(C)S(C)=O)nc3C(Cc3cc(F)cc(F)c3)NC(=O)Cn3nc(C(F)(F)F)c4c3C(F)(F)CC4)ccc(Cl)c12. The Morgan fingerprint density at radius 3 is 2.20 bits per heavy atom. The number of carboxylic acids is 1. The number of carbonyl (C=O) groups excluding carboxylic acids is 2. The molecule has 3 atom stereocenters. The summed E-state index contributed by atoms with van der Waals surface area (Å²) >= 11 is 6.65. The molecule has 1 aliphatic carbocycles. The van der Waals surface area contributed by atoms with Crippen LogP contribution in [-0.2, 0) is 75.8 Å². The fourth-order valence-corrected chi connectivity index (χ4v) is 9.05. The normalized spacial score (nSPS) is 15.2. The summed E-state index contributed by atoms with van der Waals surface area (Å²) in [4.78, 5) is 43.4. The highest BCUT2D eigenvalue weighted by Gasteiger charge is 2.50. The maximum atomic E-state index is 15.1. The number of hydrogen-bond acceptors (Lipinski definition) is 8. The number of halogens is 11. The number of rotatable bonds is 17. The molecule has 14 nitrogen and oxygen atoms in total. The van der Waals surface area contributed by atoms with E-state index >= 15 is 8.78 Å². The molecule has 3 heterocycles. The minimum atomic E-state index is -5.19. The van der Waals surface area contributed by atoms with Crippen molar-refractivity contribution in [3.8, 4) is 11.1 Å². The van der Waals surface area contributed by atoms with Crippen LogP contribution >= 0.6 is 11.6 Å². The summed E-state index contributed by atoms with van der Waals surface area (Å²) in [5.41, 5.74) is -4.65. The quantitative estimate of drug-likeness (QED) is 0.0772. The van der Waals surface area contributed by atoms with E-state index in [9.17, 15) is 57.9 Å². The molecule has 0 radical (unpaired) electrons. The second-order valence-electron chi connectivity index (χ2n) is 16.6. The third-order valence-corrected chi connectivity index (χ3v) is 14.0. The number of pyridine rings is 1. The number of nitrogens with zero attached hydrogens (tertiary/aromatic N) is 6. The lowest BCUT2D eigenvalue weighted by atomic mass is 9.93. The van der Waals surface area contributed by atoms with Gasteiger partial charge >= 0.3 is 24.4 Å². The van der Waals surface area contributed by atoms with Crippen LogP contribution in [0.2, 0.25) is 5.02 Å². The Bertz CT molecular complexity index is 2850. The molecule has 0 spiro atoms. The van der Waals surface area contributed by atoms with Gasteiger partial charge in [0.25, 0.3) is 5.92 Å². The molecule has 6 rings (SSSR count). The van der Waals surface area contributed by atoms with E-state index in [1.54, 1.807) is 13.8 Å². The highest BCUT2D eigenvalue weighted by molar-refractivity contribution is 7.86. The average molecular weight is 1040 g/mol. The number of nitrogens with one attached hydrogen (secondary N) is 2. The Balaban J connectivity index is 1.60. The van der Waals surface area contributed by atoms with Crippen molar-refractivity contribution in [3.05, 3.63) is 93.0 Å². The summed E-state index contributed by atoms with van der Waals surface area (Å²) in [7, 11) is -3.80. The number of alkyl halides is 8. The number of amides is 3. The summed E-state index contributed by atoms with van der Waals surface area (Å²) in [6, 6.07) is 4.53. The molecule has 5 aromatic rings. The van der Waals surface area contributed by atoms with Gasteiger partial charge in [-0.1, -0.05) is 23.7 Å². The molecule has 27 heteroatoms. The lowest BCUT2D eigenvalue weighted by Crippen LogP contribution is -2.42. The van der Waals surface area contributed by atoms with Gasteiger partial charge in [-0.05, 0) is 69.4 Å². The molecule has 374 valence electrons. The molecule has 1 aliphatic rings. The van der Waals surface area contributed by atoms with E-state index in [1.807, 2.05) is 0 Å². The monoisotopic (exact) mass is 1040 g/mol. The highest BCUT2D eigenvalue weighted by atomic mass is 35.5. The van der Waals surface area contributed by atoms with Crippen molar-refractivity contribution in [3.63, 3.8) is 0 Å². The average Bonchev–Trinajstić information content (AvgIpc) is 3.87. The van der Waals surface area contributed by atoms with Gasteiger partial charge in [-0.2, -0.15) is 49.6 Å². The summed E-state index contributed by atoms with van der Waals surface area (Å²) in [6.45, 7) is -0.233. The number of benzene rings is 2. The summed E-state index contributed by atoms with van der Waals surface area (Å²) < 4.78 is 171. The third kappa shape index (κ3) is 12.0. The predicted octanol–water partition coefficient (Wildman–Crippen LogP) is 8.32. The lowest BCUT2D eigenvalue weighted by molar-refractivity contribution is -0.143. The fourth-order valence-electron chi connectivity index (χ4n) is 7.76. The maximum Gasteiger partial charge on any atom is 0.435 e. The second-order valence-corrected chi connectivity index (χ2v) is 20.2. The highest BCUT2D eigenvalue weighted by Crippen LogP contribution is 2.47. The Morgan fingerprint density at radius 1 is 0.957 bits per heavy atom. The van der Waals surface area contributed by atoms with Gasteiger partial charge in [0.2, 0.25) is 5.91 Å². The first-order chi connectivity index (χ1) is 32.0. The smallest absolute Gasteiger partial charge is 0.435 e. The van der Waals surface area contributed by atoms with Gasteiger partial charge in [0.1, 0.15) is 41.4 Å². The van der Waals surface area contributed by atoms with Crippen molar-refractivity contribution in [2.75, 3.05) is 23.4 Å². The van der Waals surface area contributed by atoms with Crippen molar-refractivity contribution >= 4 is 68.0 Å². The van der Waals surface area contributed by atoms with E-state index in [0.717, 1.165) is 18.4 Å². The molecule has 0 bridgehead atoms. The molecule has 0 saturated carbocycles. The van der Waals surface area contributed by atoms with Crippen LogP contribution in [0.1, 0.15) is 73.1 Å². The van der Waals surface area contributed by atoms with E-state index in [2.05, 4.69) is 20.8 Å². The summed E-state index contributed by atoms with van der Waals surface area (Å²) in [5.74, 6) is -9.29. The van der Waals surface area contributed by atoms with Gasteiger partial charge in [-0.3, -0.25) is 28.1 Å². The molecule has 3 amide bonds. The summed E-state index contributed by atoms with van der Waals surface area (Å²) in [5, 5.41) is 20.4. The number of urea groups is 1. The zero-order valence-electron chi connectivity index (χ0n) is 36.6. The first-order valence-corrected chi connectivity index (χ1v) is 23.9. The van der Waals surface area contributed by atoms with Crippen molar-refractivity contribution in [1.82, 2.24) is 35.2 Å². The number of aryl methyl sites for hydroxylation is 1. The second kappa shape index (κ2) is 20.0. The molecule has 0 fully saturated rings. The van der Waals surface area contributed by atoms with Crippen LogP contribution in [0.5, 0.6) is 0 Å². The van der Waals surface area contributed by atoms with E-state index in [4.69, 9.17) is 21.7 Å². The number of aromatic nitrogens is 5. The summed E-state index contributed by atoms with van der Waals surface area (Å²) in [6.07, 6.45) is -10.4. The zero-order chi connectivity index (χ0) is 51.1. The molecule has 0 aliphatic heterocycles. The van der Waals surface area contributed by atoms with Gasteiger partial charge in [-0.25, -0.2) is 17.8 Å². The van der Waals surface area contributed by atoms with E-state index in [1.165, 1.54) is 30.5 Å². The van der Waals surface area contributed by atoms with E-state index < -0.39 is 159 Å². The van der Waals surface area contributed by atoms with Crippen LogP contribution < -0.4 is 14.9 Å². The van der Waals surface area contributed by atoms with Crippen LogP contribution in [0.4, 0.5) is 54.5 Å². The Labute approximate surface area is 395 Å². The predicted molar refractivity (Wildman–Crippen MR) is 233 cm³/mol. The first-order valence-electron chi connectivity index (χ1n) is 20.5. The number of hydrogen-bond donors (Lipinski definition) is 3. The van der Waals surface area contributed by atoms with Crippen molar-refractivity contribution in [2.24, 2.45) is 0 Å². The van der Waals surface area contributed by atoms with Crippen LogP contribution in [0.15, 0.2) is 42.5 Å². The lowest BCUT2D eigenvalue weighted by Gasteiger charge is -2.25. The number of fused-ring (bicyclic) bond motifs is 2. The van der Waals surface area contributed by atoms with E-state index in [0.29, 0.717) is 15.1 Å². The Kier molecular flexibility index (Phi) is 15.3. The zero-order valence-corrected chi connectivity index (χ0v) is 39.0. The molecule has 3 N–H and O–H groups in total. The number of carbonyl (C=O) groups is 3. The molecule has 69 heavy (non-hydrogen) atoms. The van der Waals surface area contributed by atoms with Crippen LogP contribution in [0.25, 0.3) is 22.0 Å². The first kappa shape index (κ1) is 52.7. The molecule has 3 unspecified atom stereocenters. The van der Waals surface area contributed by atoms with Gasteiger partial charge in [0.05, 0.1) is 34.1 Å². The minimum absolute atomic E-state index is 0.0598. The van der Waals surface area contributed by atoms with Gasteiger partial charge in [-0.15, -0.1) is 0 Å². The van der Waals surface area contributed by atoms with Crippen molar-refractivity contribution in [2.45, 2.75) is 94.5 Å². The number of anilines is 1. The van der Waals surface area contributed by atoms with Gasteiger partial charge in [0, 0.05) is 69.5 Å². The van der Waals surface area contributed by atoms with Crippen molar-refractivity contribution in [1.29, 1.82) is 0 Å². The number of carboxylic acid groups (broad SMARTS) is 1. The maximum absolute atomic E-state index is 15.1. The minimum Gasteiger partial charge on any atom is -0.481 e. The third-order valence-electron chi connectivity index (χ3n) is 11.1. The molecular formula is C42H41ClF10N8O6S2. The van der Waals surface area contributed by atoms with Crippen molar-refractivity contribution < 1.29 is 71.8 Å². The van der Waals surface area contributed by atoms with Crippen LogP contribution in [0, 0.1) is 11.6 Å². The standard InChI is InChI=1S/C42H41ClF10N8O6S2/c1-39(2,68(3)66)12-9-24-5-6-25(26-7-8-28(43)32-34(26)60(20-41(48,49)50)58-37(32)61(69(4)67)38(65)54-14-11-31(63)64)33(55-24)29(17-21-15-22(44)18-23(45)16-21)56-30(62)19-59-36-27(10-13-40(36,46)47)35(57-59)42(51,52)53/h5-8,15-16,18,29H,9-14,17,19-20H2,1-4H3,(H,54,65)(H,56,62)(H,63,64). The topological polar surface area (TPSA) is 181 Å². The Morgan fingerprint density at radius 2 is 1.61 bits per heavy atom. The fraction of sp³-hybridized carbons (Fsp3) is 0.429. The molecule has 0 saturated heterocycles. The van der Waals surface area contributed by atoms with E-state index in [-0.39, 0.29) is 50.6 Å². The molecule has 3 aromatic heterocycles. The van der Waals surface area contributed by atoms with Crippen LogP contribution in [-0.4, -0.2) is 86.0 Å². The number of aliphatic carboxylic acids is 1. The largest absolute Gasteiger partial charge is 0.481 e. The molecular weight excluding hydrogens is 1000 g/mol. The van der Waals surface area contributed by atoms with Gasteiger partial charge < -0.3 is 15.7 Å². The van der Waals surface area contributed by atoms with Gasteiger partial charge in [0.15, 0.2) is 11.5 Å². The van der Waals surface area contributed by atoms with Crippen LogP contribution in [0.3, 0.4) is 0 Å². The molecule has 2 aromatic carbocycles. The Hall–Kier alpha value is -5.63.